The Labute approximate surface area is 121 Å². The van der Waals surface area contributed by atoms with Gasteiger partial charge in [-0.25, -0.2) is 14.8 Å². The maximum atomic E-state index is 11.8. The maximum Gasteiger partial charge on any atom is 0.345 e. The summed E-state index contributed by atoms with van der Waals surface area (Å²) in [6, 6.07) is 6.02. The van der Waals surface area contributed by atoms with E-state index in [-0.39, 0.29) is 30.0 Å². The molecule has 0 saturated heterocycles. The van der Waals surface area contributed by atoms with Crippen LogP contribution in [-0.2, 0) is 19.1 Å². The minimum absolute atomic E-state index is 0.0244. The lowest BCUT2D eigenvalue weighted by molar-refractivity contribution is -0.991. The summed E-state index contributed by atoms with van der Waals surface area (Å²) in [6.07, 6.45) is 1.17. The Kier molecular flexibility index (Phi) is 6.54. The molecule has 114 valence electrons. The van der Waals surface area contributed by atoms with E-state index in [1.54, 1.807) is 26.0 Å². The van der Waals surface area contributed by atoms with Crippen molar-refractivity contribution in [3.63, 3.8) is 0 Å². The van der Waals surface area contributed by atoms with Crippen LogP contribution in [0.2, 0.25) is 0 Å². The van der Waals surface area contributed by atoms with Gasteiger partial charge >= 0.3 is 11.9 Å². The second kappa shape index (κ2) is 8.15. The van der Waals surface area contributed by atoms with E-state index in [0.717, 1.165) is 0 Å². The molecule has 0 aliphatic carbocycles. The third-order valence-corrected chi connectivity index (χ3v) is 2.48. The van der Waals surface area contributed by atoms with Crippen molar-refractivity contribution in [2.24, 2.45) is 0 Å². The average Bonchev–Trinajstić information content (AvgIpc) is 2.45. The van der Waals surface area contributed by atoms with Gasteiger partial charge in [0.1, 0.15) is 5.57 Å². The predicted octanol–water partition coefficient (Wildman–Crippen LogP) is 0.600. The first kappa shape index (κ1) is 16.8. The number of ether oxygens (including phenoxy) is 2. The van der Waals surface area contributed by atoms with Gasteiger partial charge in [0.15, 0.2) is 5.69 Å². The van der Waals surface area contributed by atoms with Crippen LogP contribution in [0.25, 0.3) is 6.08 Å². The zero-order valence-electron chi connectivity index (χ0n) is 11.8. The molecule has 0 amide bonds. The topological polar surface area (TPSA) is 100 Å². The van der Waals surface area contributed by atoms with Gasteiger partial charge in [0.25, 0.3) is 0 Å². The average molecular weight is 295 g/mol. The van der Waals surface area contributed by atoms with E-state index in [4.69, 9.17) is 14.7 Å². The fourth-order valence-corrected chi connectivity index (χ4v) is 1.59. The number of hydrogen-bond donors (Lipinski definition) is 2. The van der Waals surface area contributed by atoms with E-state index < -0.39 is 17.2 Å². The maximum absolute atomic E-state index is 11.8. The van der Waals surface area contributed by atoms with Crippen molar-refractivity contribution >= 4 is 23.7 Å². The standard InChI is InChI=1S/C14H17NO6/c1-3-20-13(16)11(14(17)21-4-2)9-10-7-5-6-8-12(10)15(18)19/h5-9,15,18H,3-4H2,1-2H3. The van der Waals surface area contributed by atoms with Gasteiger partial charge in [-0.3, -0.25) is 0 Å². The molecule has 1 unspecified atom stereocenters. The fourth-order valence-electron chi connectivity index (χ4n) is 1.59. The Balaban J connectivity index is 3.25. The number of carbonyl (C=O) groups excluding carboxylic acids is 2. The number of hydrogen-bond acceptors (Lipinski definition) is 6. The second-order valence-electron chi connectivity index (χ2n) is 3.89. The van der Waals surface area contributed by atoms with Gasteiger partial charge in [-0.15, -0.1) is 0 Å². The summed E-state index contributed by atoms with van der Waals surface area (Å²) in [5.74, 6) is -1.70. The number of para-hydroxylation sites is 1. The number of carbonyl (C=O) groups is 2. The van der Waals surface area contributed by atoms with Crippen LogP contribution >= 0.6 is 0 Å². The molecule has 0 spiro atoms. The predicted molar refractivity (Wildman–Crippen MR) is 73.5 cm³/mol. The summed E-state index contributed by atoms with van der Waals surface area (Å²) >= 11 is 0. The summed E-state index contributed by atoms with van der Waals surface area (Å²) in [5, 5.41) is 19.1. The van der Waals surface area contributed by atoms with Crippen molar-refractivity contribution in [1.29, 1.82) is 0 Å². The number of rotatable bonds is 6. The largest absolute Gasteiger partial charge is 0.595 e. The summed E-state index contributed by atoms with van der Waals surface area (Å²) < 4.78 is 9.58. The molecule has 2 N–H and O–H groups in total. The highest BCUT2D eigenvalue weighted by molar-refractivity contribution is 6.17. The second-order valence-corrected chi connectivity index (χ2v) is 3.89. The highest BCUT2D eigenvalue weighted by Crippen LogP contribution is 2.16. The normalized spacial score (nSPS) is 11.4. The molecule has 0 radical (unpaired) electrons. The third kappa shape index (κ3) is 4.67. The SMILES string of the molecule is CCOC(=O)C(=Cc1ccccc1[NH+]([O-])O)C(=O)OCC. The molecule has 0 aliphatic rings. The molecular weight excluding hydrogens is 278 g/mol. The molecule has 1 rings (SSSR count). The smallest absolute Gasteiger partial charge is 0.345 e. The molecule has 21 heavy (non-hydrogen) atoms. The summed E-state index contributed by atoms with van der Waals surface area (Å²) in [7, 11) is 0. The van der Waals surface area contributed by atoms with Crippen LogP contribution in [0, 0.1) is 5.21 Å². The van der Waals surface area contributed by atoms with Crippen molar-refractivity contribution in [2.75, 3.05) is 13.2 Å². The van der Waals surface area contributed by atoms with Gasteiger partial charge in [0.2, 0.25) is 0 Å². The Morgan fingerprint density at radius 1 is 1.19 bits per heavy atom. The first-order valence-corrected chi connectivity index (χ1v) is 6.39. The Bertz CT molecular complexity index is 518. The van der Waals surface area contributed by atoms with Crippen molar-refractivity contribution in [3.05, 3.63) is 40.6 Å². The van der Waals surface area contributed by atoms with Crippen LogP contribution in [0.15, 0.2) is 29.8 Å². The van der Waals surface area contributed by atoms with Gasteiger partial charge in [-0.2, -0.15) is 5.23 Å². The van der Waals surface area contributed by atoms with Crippen molar-refractivity contribution in [1.82, 2.24) is 0 Å². The number of quaternary nitrogens is 1. The number of esters is 2. The van der Waals surface area contributed by atoms with Crippen molar-refractivity contribution in [2.45, 2.75) is 13.8 Å². The Morgan fingerprint density at radius 3 is 2.19 bits per heavy atom. The van der Waals surface area contributed by atoms with Gasteiger partial charge in [-0.1, -0.05) is 12.1 Å². The summed E-state index contributed by atoms with van der Waals surface area (Å²) in [6.45, 7) is 3.39. The molecule has 0 fully saturated rings. The zero-order chi connectivity index (χ0) is 15.8. The number of benzene rings is 1. The Hall–Kier alpha value is -2.22. The highest BCUT2D eigenvalue weighted by Gasteiger charge is 2.22. The molecule has 0 aliphatic heterocycles. The molecule has 7 heteroatoms. The minimum Gasteiger partial charge on any atom is -0.595 e. The lowest BCUT2D eigenvalue weighted by atomic mass is 10.1. The first-order valence-electron chi connectivity index (χ1n) is 6.39. The molecule has 1 aromatic rings. The first-order chi connectivity index (χ1) is 10.0. The minimum atomic E-state index is -1.16. The van der Waals surface area contributed by atoms with E-state index in [1.807, 2.05) is 0 Å². The Morgan fingerprint density at radius 2 is 1.71 bits per heavy atom. The molecule has 1 aromatic carbocycles. The third-order valence-electron chi connectivity index (χ3n) is 2.48. The van der Waals surface area contributed by atoms with E-state index in [0.29, 0.717) is 0 Å². The fraction of sp³-hybridized carbons (Fsp3) is 0.286. The van der Waals surface area contributed by atoms with Gasteiger partial charge in [0.05, 0.1) is 13.2 Å². The summed E-state index contributed by atoms with van der Waals surface area (Å²) in [4.78, 5) is 23.6. The van der Waals surface area contributed by atoms with Crippen LogP contribution in [0.1, 0.15) is 19.4 Å². The van der Waals surface area contributed by atoms with Crippen LogP contribution in [0.5, 0.6) is 0 Å². The zero-order valence-corrected chi connectivity index (χ0v) is 11.8. The van der Waals surface area contributed by atoms with Gasteiger partial charge < -0.3 is 14.7 Å². The van der Waals surface area contributed by atoms with E-state index in [9.17, 15) is 14.8 Å². The van der Waals surface area contributed by atoms with E-state index in [2.05, 4.69) is 0 Å². The molecule has 0 bridgehead atoms. The number of nitrogens with one attached hydrogen (secondary N) is 1. The molecule has 7 nitrogen and oxygen atoms in total. The van der Waals surface area contributed by atoms with Gasteiger partial charge in [-0.05, 0) is 26.0 Å². The monoisotopic (exact) mass is 295 g/mol. The summed E-state index contributed by atoms with van der Waals surface area (Å²) in [5.41, 5.74) is -0.142. The quantitative estimate of drug-likeness (QED) is 0.262. The van der Waals surface area contributed by atoms with Crippen LogP contribution < -0.4 is 5.23 Å². The highest BCUT2D eigenvalue weighted by atomic mass is 16.8. The van der Waals surface area contributed by atoms with Gasteiger partial charge in [0, 0.05) is 11.6 Å². The van der Waals surface area contributed by atoms with E-state index in [1.165, 1.54) is 18.2 Å². The van der Waals surface area contributed by atoms with Crippen LogP contribution in [-0.4, -0.2) is 30.4 Å². The molecular formula is C14H17NO6. The molecule has 0 saturated carbocycles. The van der Waals surface area contributed by atoms with Crippen molar-refractivity contribution < 1.29 is 29.5 Å². The molecule has 1 atom stereocenters. The lowest BCUT2D eigenvalue weighted by Gasteiger charge is -2.14. The molecule has 0 aromatic heterocycles. The van der Waals surface area contributed by atoms with E-state index >= 15 is 0 Å². The van der Waals surface area contributed by atoms with Crippen molar-refractivity contribution in [3.8, 4) is 0 Å². The van der Waals surface area contributed by atoms with Crippen LogP contribution in [0.4, 0.5) is 5.69 Å². The lowest BCUT2D eigenvalue weighted by Crippen LogP contribution is -2.99. The van der Waals surface area contributed by atoms with Crippen LogP contribution in [0.3, 0.4) is 0 Å². The molecule has 0 heterocycles.